The fraction of sp³-hybridized carbons (Fsp3) is 0.538. The average molecular weight is 308 g/mol. The number of amides is 2. The lowest BCUT2D eigenvalue weighted by molar-refractivity contribution is 0.201. The van der Waals surface area contributed by atoms with E-state index in [0.29, 0.717) is 6.54 Å². The van der Waals surface area contributed by atoms with E-state index in [4.69, 9.17) is 0 Å². The van der Waals surface area contributed by atoms with Crippen molar-refractivity contribution in [2.45, 2.75) is 39.4 Å². The maximum absolute atomic E-state index is 12.3. The van der Waals surface area contributed by atoms with Gasteiger partial charge < -0.3 is 10.2 Å². The molecular formula is C13H20N6OS. The molecule has 2 aromatic rings. The Labute approximate surface area is 128 Å². The number of carbonyl (C=O) groups is 1. The number of urea groups is 1. The summed E-state index contributed by atoms with van der Waals surface area (Å²) < 4.78 is 1.80. The molecule has 0 fully saturated rings. The molecule has 0 saturated carbocycles. The van der Waals surface area contributed by atoms with E-state index in [1.54, 1.807) is 22.8 Å². The highest BCUT2D eigenvalue weighted by Crippen LogP contribution is 2.14. The van der Waals surface area contributed by atoms with Gasteiger partial charge in [-0.15, -0.1) is 11.3 Å². The first-order valence-electron chi connectivity index (χ1n) is 6.93. The van der Waals surface area contributed by atoms with E-state index in [2.05, 4.69) is 20.4 Å². The Hall–Kier alpha value is -1.96. The zero-order valence-corrected chi connectivity index (χ0v) is 13.3. The van der Waals surface area contributed by atoms with Gasteiger partial charge in [-0.05, 0) is 13.3 Å². The third-order valence-corrected chi connectivity index (χ3v) is 3.93. The molecule has 2 aromatic heterocycles. The molecular weight excluding hydrogens is 288 g/mol. The lowest BCUT2D eigenvalue weighted by atomic mass is 10.2. The predicted octanol–water partition coefficient (Wildman–Crippen LogP) is 2.05. The molecule has 0 aliphatic rings. The number of aromatic nitrogens is 4. The highest BCUT2D eigenvalue weighted by Gasteiger charge is 2.20. The van der Waals surface area contributed by atoms with Gasteiger partial charge >= 0.3 is 6.03 Å². The van der Waals surface area contributed by atoms with Crippen molar-refractivity contribution in [3.8, 4) is 0 Å². The topological polar surface area (TPSA) is 75.9 Å². The second kappa shape index (κ2) is 7.16. The molecule has 21 heavy (non-hydrogen) atoms. The summed E-state index contributed by atoms with van der Waals surface area (Å²) >= 11 is 1.54. The first-order chi connectivity index (χ1) is 10.2. The van der Waals surface area contributed by atoms with Gasteiger partial charge in [0.15, 0.2) is 0 Å². The van der Waals surface area contributed by atoms with E-state index in [9.17, 15) is 4.79 Å². The van der Waals surface area contributed by atoms with Crippen LogP contribution in [0.1, 0.15) is 37.1 Å². The van der Waals surface area contributed by atoms with Crippen LogP contribution >= 0.6 is 11.3 Å². The molecule has 2 rings (SSSR count). The van der Waals surface area contributed by atoms with Gasteiger partial charge in [0.1, 0.15) is 17.2 Å². The molecule has 0 bridgehead atoms. The van der Waals surface area contributed by atoms with E-state index in [1.807, 2.05) is 19.2 Å². The SMILES string of the molecule is CCC(NC(=O)N(C)Cc1nccs1)c1ncnn1CC. The monoisotopic (exact) mass is 308 g/mol. The highest BCUT2D eigenvalue weighted by molar-refractivity contribution is 7.09. The molecule has 2 heterocycles. The fourth-order valence-electron chi connectivity index (χ4n) is 2.00. The van der Waals surface area contributed by atoms with Crippen molar-refractivity contribution in [1.29, 1.82) is 0 Å². The van der Waals surface area contributed by atoms with E-state index in [0.717, 1.165) is 23.8 Å². The van der Waals surface area contributed by atoms with Crippen LogP contribution in [0.3, 0.4) is 0 Å². The van der Waals surface area contributed by atoms with Crippen molar-refractivity contribution in [3.05, 3.63) is 28.7 Å². The largest absolute Gasteiger partial charge is 0.328 e. The number of aryl methyl sites for hydroxylation is 1. The molecule has 0 aromatic carbocycles. The van der Waals surface area contributed by atoms with E-state index in [-0.39, 0.29) is 12.1 Å². The Morgan fingerprint density at radius 3 is 2.90 bits per heavy atom. The highest BCUT2D eigenvalue weighted by atomic mass is 32.1. The van der Waals surface area contributed by atoms with Gasteiger partial charge in [0, 0.05) is 25.2 Å². The minimum Gasteiger partial charge on any atom is -0.328 e. The van der Waals surface area contributed by atoms with E-state index in [1.165, 1.54) is 17.7 Å². The number of nitrogens with zero attached hydrogens (tertiary/aromatic N) is 5. The van der Waals surface area contributed by atoms with Crippen molar-refractivity contribution in [3.63, 3.8) is 0 Å². The number of hydrogen-bond donors (Lipinski definition) is 1. The Balaban J connectivity index is 1.99. The van der Waals surface area contributed by atoms with Crippen LogP contribution in [0, 0.1) is 0 Å². The van der Waals surface area contributed by atoms with Crippen molar-refractivity contribution < 1.29 is 4.79 Å². The summed E-state index contributed by atoms with van der Waals surface area (Å²) in [5, 5.41) is 9.96. The lowest BCUT2D eigenvalue weighted by Crippen LogP contribution is -2.39. The van der Waals surface area contributed by atoms with Crippen molar-refractivity contribution in [2.75, 3.05) is 7.05 Å². The molecule has 114 valence electrons. The van der Waals surface area contributed by atoms with Crippen LogP contribution in [-0.2, 0) is 13.1 Å². The molecule has 0 radical (unpaired) electrons. The summed E-state index contributed by atoms with van der Waals surface area (Å²) in [6, 6.07) is -0.276. The molecule has 8 heteroatoms. The van der Waals surface area contributed by atoms with Gasteiger partial charge in [-0.1, -0.05) is 6.92 Å². The summed E-state index contributed by atoms with van der Waals surface area (Å²) in [5.74, 6) is 0.788. The minimum atomic E-state index is -0.140. The third-order valence-electron chi connectivity index (χ3n) is 3.17. The molecule has 1 atom stereocenters. The minimum absolute atomic E-state index is 0.136. The van der Waals surface area contributed by atoms with Crippen LogP contribution in [0.25, 0.3) is 0 Å². The Morgan fingerprint density at radius 2 is 2.29 bits per heavy atom. The maximum atomic E-state index is 12.3. The van der Waals surface area contributed by atoms with Gasteiger partial charge in [-0.3, -0.25) is 0 Å². The summed E-state index contributed by atoms with van der Waals surface area (Å²) in [4.78, 5) is 22.3. The normalized spacial score (nSPS) is 12.1. The van der Waals surface area contributed by atoms with Gasteiger partial charge in [-0.2, -0.15) is 5.10 Å². The van der Waals surface area contributed by atoms with E-state index >= 15 is 0 Å². The molecule has 0 aliphatic heterocycles. The van der Waals surface area contributed by atoms with Crippen LogP contribution in [0.5, 0.6) is 0 Å². The number of hydrogen-bond acceptors (Lipinski definition) is 5. The number of rotatable bonds is 6. The van der Waals surface area contributed by atoms with Crippen LogP contribution < -0.4 is 5.32 Å². The number of carbonyl (C=O) groups excluding carboxylic acids is 1. The van der Waals surface area contributed by atoms with Crippen LogP contribution in [0.2, 0.25) is 0 Å². The third kappa shape index (κ3) is 3.78. The Kier molecular flexibility index (Phi) is 5.26. The first-order valence-corrected chi connectivity index (χ1v) is 7.81. The molecule has 0 aliphatic carbocycles. The van der Waals surface area contributed by atoms with Gasteiger partial charge in [-0.25, -0.2) is 19.4 Å². The Morgan fingerprint density at radius 1 is 1.48 bits per heavy atom. The Bertz CT molecular complexity index is 567. The standard InChI is InChI=1S/C13H20N6OS/c1-4-10(12-15-9-16-19(12)5-2)17-13(20)18(3)8-11-14-6-7-21-11/h6-7,9-10H,4-5,8H2,1-3H3,(H,17,20). The summed E-state index contributed by atoms with van der Waals surface area (Å²) in [6.07, 6.45) is 4.02. The smallest absolute Gasteiger partial charge is 0.318 e. The quantitative estimate of drug-likeness (QED) is 0.886. The summed E-state index contributed by atoms with van der Waals surface area (Å²) in [7, 11) is 1.76. The summed E-state index contributed by atoms with van der Waals surface area (Å²) in [5.41, 5.74) is 0. The van der Waals surface area contributed by atoms with Gasteiger partial charge in [0.25, 0.3) is 0 Å². The zero-order valence-electron chi connectivity index (χ0n) is 12.5. The maximum Gasteiger partial charge on any atom is 0.318 e. The van der Waals surface area contributed by atoms with Crippen molar-refractivity contribution >= 4 is 17.4 Å². The van der Waals surface area contributed by atoms with Crippen LogP contribution in [0.4, 0.5) is 4.79 Å². The second-order valence-electron chi connectivity index (χ2n) is 4.63. The summed E-state index contributed by atoms with van der Waals surface area (Å²) in [6.45, 7) is 5.25. The number of nitrogens with one attached hydrogen (secondary N) is 1. The molecule has 0 saturated heterocycles. The fourth-order valence-corrected chi connectivity index (χ4v) is 2.67. The average Bonchev–Trinajstić information content (AvgIpc) is 3.15. The van der Waals surface area contributed by atoms with Gasteiger partial charge in [0.2, 0.25) is 0 Å². The van der Waals surface area contributed by atoms with Gasteiger partial charge in [0.05, 0.1) is 12.6 Å². The number of thiazole rings is 1. The van der Waals surface area contributed by atoms with Crippen molar-refractivity contribution in [1.82, 2.24) is 30.0 Å². The van der Waals surface area contributed by atoms with E-state index < -0.39 is 0 Å². The molecule has 7 nitrogen and oxygen atoms in total. The zero-order chi connectivity index (χ0) is 15.2. The molecule has 1 N–H and O–H groups in total. The van der Waals surface area contributed by atoms with Crippen LogP contribution in [-0.4, -0.2) is 37.7 Å². The van der Waals surface area contributed by atoms with Crippen LogP contribution in [0.15, 0.2) is 17.9 Å². The molecule has 0 spiro atoms. The molecule has 2 amide bonds. The predicted molar refractivity (Wildman–Crippen MR) is 80.8 cm³/mol. The first kappa shape index (κ1) is 15.4. The molecule has 1 unspecified atom stereocenters. The van der Waals surface area contributed by atoms with Crippen molar-refractivity contribution in [2.24, 2.45) is 0 Å². The lowest BCUT2D eigenvalue weighted by Gasteiger charge is -2.22. The second-order valence-corrected chi connectivity index (χ2v) is 5.61.